The van der Waals surface area contributed by atoms with E-state index in [1.165, 1.54) is 0 Å². The predicted molar refractivity (Wildman–Crippen MR) is 49.7 cm³/mol. The summed E-state index contributed by atoms with van der Waals surface area (Å²) in [6.07, 6.45) is -0.519. The van der Waals surface area contributed by atoms with Gasteiger partial charge in [0.1, 0.15) is 0 Å². The van der Waals surface area contributed by atoms with Crippen molar-refractivity contribution in [2.45, 2.75) is 37.4 Å². The SMILES string of the molecule is N#CCCC(O)(CCC#N)C(O)CN. The van der Waals surface area contributed by atoms with Crippen molar-refractivity contribution in [3.63, 3.8) is 0 Å². The molecule has 1 atom stereocenters. The van der Waals surface area contributed by atoms with E-state index < -0.39 is 11.7 Å². The first-order valence-corrected chi connectivity index (χ1v) is 4.45. The van der Waals surface area contributed by atoms with Crippen molar-refractivity contribution in [2.24, 2.45) is 5.73 Å². The molecule has 0 aromatic rings. The van der Waals surface area contributed by atoms with Crippen molar-refractivity contribution >= 4 is 0 Å². The summed E-state index contributed by atoms with van der Waals surface area (Å²) >= 11 is 0. The molecule has 0 saturated heterocycles. The van der Waals surface area contributed by atoms with Crippen molar-refractivity contribution in [2.75, 3.05) is 6.54 Å². The highest BCUT2D eigenvalue weighted by Gasteiger charge is 2.33. The van der Waals surface area contributed by atoms with Gasteiger partial charge < -0.3 is 15.9 Å². The molecule has 0 spiro atoms. The molecule has 1 unspecified atom stereocenters. The smallest absolute Gasteiger partial charge is 0.0949 e. The number of nitrogens with two attached hydrogens (primary N) is 1. The maximum absolute atomic E-state index is 9.91. The zero-order chi connectivity index (χ0) is 11.0. The summed E-state index contributed by atoms with van der Waals surface area (Å²) in [5, 5.41) is 36.1. The Labute approximate surface area is 83.4 Å². The van der Waals surface area contributed by atoms with Crippen molar-refractivity contribution in [1.29, 1.82) is 10.5 Å². The predicted octanol–water partition coefficient (Wildman–Crippen LogP) is -0.355. The Morgan fingerprint density at radius 2 is 1.64 bits per heavy atom. The van der Waals surface area contributed by atoms with Gasteiger partial charge >= 0.3 is 0 Å². The Bertz CT molecular complexity index is 223. The largest absolute Gasteiger partial charge is 0.389 e. The Hall–Kier alpha value is -1.14. The topological polar surface area (TPSA) is 114 Å². The summed E-state index contributed by atoms with van der Waals surface area (Å²) in [6.45, 7) is -0.0760. The molecule has 0 rings (SSSR count). The highest BCUT2D eigenvalue weighted by atomic mass is 16.3. The Balaban J connectivity index is 4.34. The van der Waals surface area contributed by atoms with Gasteiger partial charge in [0, 0.05) is 19.4 Å². The first-order valence-electron chi connectivity index (χ1n) is 4.45. The Kier molecular flexibility index (Phi) is 5.82. The molecular weight excluding hydrogens is 182 g/mol. The summed E-state index contributed by atoms with van der Waals surface area (Å²) in [5.74, 6) is 0. The molecule has 0 aromatic carbocycles. The van der Waals surface area contributed by atoms with Crippen LogP contribution in [0.4, 0.5) is 0 Å². The third kappa shape index (κ3) is 3.71. The van der Waals surface area contributed by atoms with Crippen LogP contribution >= 0.6 is 0 Å². The summed E-state index contributed by atoms with van der Waals surface area (Å²) in [6, 6.07) is 3.77. The molecule has 5 heteroatoms. The second kappa shape index (κ2) is 6.33. The number of hydrogen-bond donors (Lipinski definition) is 3. The van der Waals surface area contributed by atoms with Gasteiger partial charge in [-0.05, 0) is 12.8 Å². The van der Waals surface area contributed by atoms with E-state index in [4.69, 9.17) is 16.3 Å². The molecule has 0 amide bonds. The molecule has 0 bridgehead atoms. The second-order valence-electron chi connectivity index (χ2n) is 3.17. The van der Waals surface area contributed by atoms with Crippen LogP contribution in [-0.2, 0) is 0 Å². The van der Waals surface area contributed by atoms with E-state index in [-0.39, 0.29) is 32.2 Å². The number of hydrogen-bond acceptors (Lipinski definition) is 5. The molecule has 0 aromatic heterocycles. The van der Waals surface area contributed by atoms with Gasteiger partial charge in [0.2, 0.25) is 0 Å². The van der Waals surface area contributed by atoms with Gasteiger partial charge in [-0.15, -0.1) is 0 Å². The van der Waals surface area contributed by atoms with E-state index >= 15 is 0 Å². The lowest BCUT2D eigenvalue weighted by Crippen LogP contribution is -2.46. The van der Waals surface area contributed by atoms with Crippen molar-refractivity contribution in [1.82, 2.24) is 0 Å². The maximum atomic E-state index is 9.91. The van der Waals surface area contributed by atoms with Crippen LogP contribution in [0.1, 0.15) is 25.7 Å². The van der Waals surface area contributed by atoms with E-state index in [0.29, 0.717) is 0 Å². The standard InChI is InChI=1S/C9H15N3O2/c10-5-1-3-9(14,4-2-6-11)8(13)7-12/h8,13-14H,1-4,7,12H2. The Morgan fingerprint density at radius 3 is 1.93 bits per heavy atom. The molecule has 5 nitrogen and oxygen atoms in total. The zero-order valence-electron chi connectivity index (χ0n) is 7.98. The van der Waals surface area contributed by atoms with Crippen LogP contribution in [0.25, 0.3) is 0 Å². The average molecular weight is 197 g/mol. The van der Waals surface area contributed by atoms with Crippen LogP contribution in [0.2, 0.25) is 0 Å². The number of aliphatic hydroxyl groups is 2. The van der Waals surface area contributed by atoms with Gasteiger partial charge in [-0.3, -0.25) is 0 Å². The minimum atomic E-state index is -1.40. The average Bonchev–Trinajstić information content (AvgIpc) is 2.22. The fourth-order valence-corrected chi connectivity index (χ4v) is 1.22. The van der Waals surface area contributed by atoms with Gasteiger partial charge in [0.05, 0.1) is 23.8 Å². The summed E-state index contributed by atoms with van der Waals surface area (Å²) in [5.41, 5.74) is 3.82. The van der Waals surface area contributed by atoms with Gasteiger partial charge in [-0.1, -0.05) is 0 Å². The number of aliphatic hydroxyl groups excluding tert-OH is 1. The van der Waals surface area contributed by atoms with E-state index in [1.807, 2.05) is 12.1 Å². The molecule has 14 heavy (non-hydrogen) atoms. The van der Waals surface area contributed by atoms with Crippen LogP contribution in [0.15, 0.2) is 0 Å². The van der Waals surface area contributed by atoms with Gasteiger partial charge in [-0.25, -0.2) is 0 Å². The van der Waals surface area contributed by atoms with Gasteiger partial charge in [-0.2, -0.15) is 10.5 Å². The Morgan fingerprint density at radius 1 is 1.21 bits per heavy atom. The number of nitriles is 2. The summed E-state index contributed by atoms with van der Waals surface area (Å²) in [4.78, 5) is 0. The normalized spacial score (nSPS) is 12.9. The first kappa shape index (κ1) is 12.9. The molecular formula is C9H15N3O2. The molecule has 0 aliphatic heterocycles. The van der Waals surface area contributed by atoms with Gasteiger partial charge in [0.15, 0.2) is 0 Å². The van der Waals surface area contributed by atoms with Crippen LogP contribution in [0, 0.1) is 22.7 Å². The fourth-order valence-electron chi connectivity index (χ4n) is 1.22. The summed E-state index contributed by atoms with van der Waals surface area (Å²) in [7, 11) is 0. The lowest BCUT2D eigenvalue weighted by molar-refractivity contribution is -0.0792. The van der Waals surface area contributed by atoms with Gasteiger partial charge in [0.25, 0.3) is 0 Å². The van der Waals surface area contributed by atoms with Crippen LogP contribution < -0.4 is 5.73 Å². The van der Waals surface area contributed by atoms with Crippen LogP contribution in [-0.4, -0.2) is 28.5 Å². The van der Waals surface area contributed by atoms with E-state index in [9.17, 15) is 10.2 Å². The molecule has 0 aliphatic rings. The highest BCUT2D eigenvalue weighted by molar-refractivity contribution is 4.92. The van der Waals surface area contributed by atoms with Crippen molar-refractivity contribution in [3.8, 4) is 12.1 Å². The highest BCUT2D eigenvalue weighted by Crippen LogP contribution is 2.23. The maximum Gasteiger partial charge on any atom is 0.0949 e. The zero-order valence-corrected chi connectivity index (χ0v) is 7.98. The minimum Gasteiger partial charge on any atom is -0.389 e. The molecule has 0 heterocycles. The fraction of sp³-hybridized carbons (Fsp3) is 0.778. The van der Waals surface area contributed by atoms with Crippen LogP contribution in [0.3, 0.4) is 0 Å². The molecule has 0 aliphatic carbocycles. The molecule has 4 N–H and O–H groups in total. The molecule has 0 fully saturated rings. The third-order valence-corrected chi connectivity index (χ3v) is 2.18. The molecule has 0 radical (unpaired) electrons. The molecule has 78 valence electrons. The second-order valence-corrected chi connectivity index (χ2v) is 3.17. The molecule has 0 saturated carbocycles. The monoisotopic (exact) mass is 197 g/mol. The van der Waals surface area contributed by atoms with Crippen molar-refractivity contribution < 1.29 is 10.2 Å². The lowest BCUT2D eigenvalue weighted by Gasteiger charge is -2.31. The number of rotatable bonds is 6. The third-order valence-electron chi connectivity index (χ3n) is 2.18. The summed E-state index contributed by atoms with van der Waals surface area (Å²) < 4.78 is 0. The first-order chi connectivity index (χ1) is 6.60. The van der Waals surface area contributed by atoms with Crippen LogP contribution in [0.5, 0.6) is 0 Å². The van der Waals surface area contributed by atoms with E-state index in [2.05, 4.69) is 0 Å². The van der Waals surface area contributed by atoms with E-state index in [0.717, 1.165) is 0 Å². The lowest BCUT2D eigenvalue weighted by atomic mass is 9.87. The minimum absolute atomic E-state index is 0.0760. The quantitative estimate of drug-likeness (QED) is 0.538. The van der Waals surface area contributed by atoms with E-state index in [1.54, 1.807) is 0 Å². The number of nitrogens with zero attached hydrogens (tertiary/aromatic N) is 2. The van der Waals surface area contributed by atoms with Crippen molar-refractivity contribution in [3.05, 3.63) is 0 Å².